The fourth-order valence-corrected chi connectivity index (χ4v) is 2.21. The number of rotatable bonds is 2. The highest BCUT2D eigenvalue weighted by atomic mass is 32.1. The summed E-state index contributed by atoms with van der Waals surface area (Å²) in [7, 11) is 0. The molecular weight excluding hydrogens is 192 g/mol. The van der Waals surface area contributed by atoms with E-state index in [-0.39, 0.29) is 0 Å². The van der Waals surface area contributed by atoms with E-state index in [1.807, 2.05) is 24.7 Å². The van der Waals surface area contributed by atoms with Crippen molar-refractivity contribution in [2.45, 2.75) is 20.3 Å². The molecule has 0 saturated carbocycles. The molecule has 3 heteroatoms. The lowest BCUT2D eigenvalue weighted by molar-refractivity contribution is 1.17. The van der Waals surface area contributed by atoms with Gasteiger partial charge in [0, 0.05) is 29.0 Å². The van der Waals surface area contributed by atoms with E-state index in [1.165, 1.54) is 10.4 Å². The molecular formula is C11H12N2S. The molecule has 0 fully saturated rings. The van der Waals surface area contributed by atoms with Crippen molar-refractivity contribution in [3.8, 4) is 10.6 Å². The first-order valence-corrected chi connectivity index (χ1v) is 5.48. The molecule has 0 aliphatic carbocycles. The zero-order valence-electron chi connectivity index (χ0n) is 8.32. The molecule has 0 spiro atoms. The summed E-state index contributed by atoms with van der Waals surface area (Å²) >= 11 is 1.75. The van der Waals surface area contributed by atoms with Gasteiger partial charge in [-0.1, -0.05) is 6.92 Å². The lowest BCUT2D eigenvalue weighted by Crippen LogP contribution is -1.82. The maximum atomic E-state index is 4.40. The Bertz CT molecular complexity index is 434. The van der Waals surface area contributed by atoms with E-state index >= 15 is 0 Å². The first-order chi connectivity index (χ1) is 6.81. The van der Waals surface area contributed by atoms with E-state index < -0.39 is 0 Å². The van der Waals surface area contributed by atoms with Crippen LogP contribution < -0.4 is 0 Å². The maximum Gasteiger partial charge on any atom is 0.125 e. The largest absolute Gasteiger partial charge is 0.264 e. The standard InChI is InChI=1S/C11H12N2S/c1-3-9-6-13-11(14-9)10-7-12-5-4-8(10)2/h4-7H,3H2,1-2H3. The number of pyridine rings is 1. The Morgan fingerprint density at radius 1 is 1.36 bits per heavy atom. The lowest BCUT2D eigenvalue weighted by atomic mass is 10.2. The topological polar surface area (TPSA) is 25.8 Å². The molecule has 0 N–H and O–H groups in total. The fourth-order valence-electron chi connectivity index (χ4n) is 1.28. The summed E-state index contributed by atoms with van der Waals surface area (Å²) < 4.78 is 0. The van der Waals surface area contributed by atoms with Gasteiger partial charge in [0.05, 0.1) is 0 Å². The van der Waals surface area contributed by atoms with Crippen LogP contribution in [0.25, 0.3) is 10.6 Å². The summed E-state index contributed by atoms with van der Waals surface area (Å²) in [5.74, 6) is 0. The van der Waals surface area contributed by atoms with Gasteiger partial charge in [-0.2, -0.15) is 0 Å². The van der Waals surface area contributed by atoms with Crippen molar-refractivity contribution < 1.29 is 0 Å². The number of aryl methyl sites for hydroxylation is 2. The van der Waals surface area contributed by atoms with E-state index in [4.69, 9.17) is 0 Å². The third-order valence-corrected chi connectivity index (χ3v) is 3.35. The molecule has 0 saturated heterocycles. The second-order valence-corrected chi connectivity index (χ2v) is 4.29. The van der Waals surface area contributed by atoms with Gasteiger partial charge in [-0.25, -0.2) is 4.98 Å². The minimum absolute atomic E-state index is 1.05. The summed E-state index contributed by atoms with van der Waals surface area (Å²) in [4.78, 5) is 9.84. The van der Waals surface area contributed by atoms with Crippen LogP contribution in [-0.2, 0) is 6.42 Å². The number of nitrogens with zero attached hydrogens (tertiary/aromatic N) is 2. The van der Waals surface area contributed by atoms with Crippen LogP contribution in [0.15, 0.2) is 24.7 Å². The Morgan fingerprint density at radius 3 is 2.86 bits per heavy atom. The molecule has 2 nitrogen and oxygen atoms in total. The third kappa shape index (κ3) is 1.68. The van der Waals surface area contributed by atoms with Crippen molar-refractivity contribution in [2.24, 2.45) is 0 Å². The zero-order chi connectivity index (χ0) is 9.97. The molecule has 2 heterocycles. The molecule has 14 heavy (non-hydrogen) atoms. The number of thiazole rings is 1. The van der Waals surface area contributed by atoms with Crippen molar-refractivity contribution in [2.75, 3.05) is 0 Å². The fraction of sp³-hybridized carbons (Fsp3) is 0.273. The molecule has 0 aromatic carbocycles. The lowest BCUT2D eigenvalue weighted by Gasteiger charge is -1.98. The molecule has 0 atom stereocenters. The van der Waals surface area contributed by atoms with Crippen molar-refractivity contribution >= 4 is 11.3 Å². The van der Waals surface area contributed by atoms with Gasteiger partial charge in [0.15, 0.2) is 0 Å². The normalized spacial score (nSPS) is 10.4. The van der Waals surface area contributed by atoms with E-state index in [1.54, 1.807) is 11.3 Å². The van der Waals surface area contributed by atoms with Crippen LogP contribution in [0.5, 0.6) is 0 Å². The highest BCUT2D eigenvalue weighted by Gasteiger charge is 2.05. The summed E-state index contributed by atoms with van der Waals surface area (Å²) in [6.45, 7) is 4.23. The van der Waals surface area contributed by atoms with E-state index in [0.717, 1.165) is 17.0 Å². The van der Waals surface area contributed by atoms with Crippen LogP contribution in [0.1, 0.15) is 17.4 Å². The van der Waals surface area contributed by atoms with Gasteiger partial charge in [0.25, 0.3) is 0 Å². The summed E-state index contributed by atoms with van der Waals surface area (Å²) in [5, 5.41) is 1.08. The van der Waals surface area contributed by atoms with Crippen molar-refractivity contribution in [3.63, 3.8) is 0 Å². The highest BCUT2D eigenvalue weighted by Crippen LogP contribution is 2.26. The molecule has 0 aliphatic heterocycles. The second kappa shape index (κ2) is 3.88. The van der Waals surface area contributed by atoms with Crippen molar-refractivity contribution in [1.82, 2.24) is 9.97 Å². The molecule has 0 radical (unpaired) electrons. The van der Waals surface area contributed by atoms with Crippen LogP contribution in [0.2, 0.25) is 0 Å². The predicted molar refractivity (Wildman–Crippen MR) is 59.5 cm³/mol. The van der Waals surface area contributed by atoms with Crippen LogP contribution in [-0.4, -0.2) is 9.97 Å². The average molecular weight is 204 g/mol. The summed E-state index contributed by atoms with van der Waals surface area (Å²) in [6.07, 6.45) is 6.70. The van der Waals surface area contributed by atoms with E-state index in [2.05, 4.69) is 23.8 Å². The first kappa shape index (κ1) is 9.34. The Labute approximate surface area is 87.7 Å². The Hall–Kier alpha value is -1.22. The Morgan fingerprint density at radius 2 is 2.21 bits per heavy atom. The molecule has 2 aromatic heterocycles. The van der Waals surface area contributed by atoms with Gasteiger partial charge in [-0.05, 0) is 25.0 Å². The van der Waals surface area contributed by atoms with Gasteiger partial charge in [-0.15, -0.1) is 11.3 Å². The zero-order valence-corrected chi connectivity index (χ0v) is 9.14. The molecule has 2 aromatic rings. The van der Waals surface area contributed by atoms with E-state index in [0.29, 0.717) is 0 Å². The Kier molecular flexibility index (Phi) is 2.59. The first-order valence-electron chi connectivity index (χ1n) is 4.67. The molecule has 2 rings (SSSR count). The smallest absolute Gasteiger partial charge is 0.125 e. The molecule has 0 aliphatic rings. The van der Waals surface area contributed by atoms with Crippen LogP contribution in [0, 0.1) is 6.92 Å². The minimum Gasteiger partial charge on any atom is -0.264 e. The quantitative estimate of drug-likeness (QED) is 0.751. The summed E-state index contributed by atoms with van der Waals surface area (Å²) in [6, 6.07) is 2.02. The summed E-state index contributed by atoms with van der Waals surface area (Å²) in [5.41, 5.74) is 2.38. The van der Waals surface area contributed by atoms with Gasteiger partial charge >= 0.3 is 0 Å². The van der Waals surface area contributed by atoms with Gasteiger partial charge in [-0.3, -0.25) is 4.98 Å². The second-order valence-electron chi connectivity index (χ2n) is 3.18. The van der Waals surface area contributed by atoms with Gasteiger partial charge in [0.2, 0.25) is 0 Å². The van der Waals surface area contributed by atoms with Crippen LogP contribution in [0.3, 0.4) is 0 Å². The van der Waals surface area contributed by atoms with Crippen LogP contribution in [0.4, 0.5) is 0 Å². The Balaban J connectivity index is 2.44. The van der Waals surface area contributed by atoms with Gasteiger partial charge in [0.1, 0.15) is 5.01 Å². The van der Waals surface area contributed by atoms with E-state index in [9.17, 15) is 0 Å². The molecule has 72 valence electrons. The monoisotopic (exact) mass is 204 g/mol. The third-order valence-electron chi connectivity index (χ3n) is 2.17. The molecule has 0 unspecified atom stereocenters. The maximum absolute atomic E-state index is 4.40. The minimum atomic E-state index is 1.05. The number of hydrogen-bond acceptors (Lipinski definition) is 3. The van der Waals surface area contributed by atoms with Crippen LogP contribution >= 0.6 is 11.3 Å². The van der Waals surface area contributed by atoms with Crippen molar-refractivity contribution in [1.29, 1.82) is 0 Å². The average Bonchev–Trinajstić information content (AvgIpc) is 2.67. The molecule has 0 bridgehead atoms. The van der Waals surface area contributed by atoms with Gasteiger partial charge < -0.3 is 0 Å². The highest BCUT2D eigenvalue weighted by molar-refractivity contribution is 7.15. The van der Waals surface area contributed by atoms with Crippen molar-refractivity contribution in [3.05, 3.63) is 35.1 Å². The number of hydrogen-bond donors (Lipinski definition) is 0. The predicted octanol–water partition coefficient (Wildman–Crippen LogP) is 3.08. The molecule has 0 amide bonds. The SMILES string of the molecule is CCc1cnc(-c2cnccc2C)s1. The number of aromatic nitrogens is 2.